The molecule has 12 rings (SSSR count). The van der Waals surface area contributed by atoms with Gasteiger partial charge in [0, 0.05) is 44.5 Å². The molecule has 0 aliphatic heterocycles. The first-order chi connectivity index (χ1) is 31.5. The minimum atomic E-state index is -1.97. The standard InChI is InChI=1S/C60H50N2OSi2/c1-64(2,3)55-37-51(61(42-22-12-8-13-23-42)44-35-41-30-29-40-21-18-28-53-57(40)58(41)54(36-44)63-53)46-31-33-49-56(65(4,5)6)38-52(47-32-34-48(55)59(46)60(47)49)62(43-24-14-9-15-25-43)50-27-17-16-26-45(50)39-19-10-7-11-20-39/h7-38H,1-6H3. The third kappa shape index (κ3) is 6.28. The molecule has 0 saturated carbocycles. The van der Waals surface area contributed by atoms with Gasteiger partial charge in [-0.1, -0.05) is 183 Å². The molecule has 5 heteroatoms. The van der Waals surface area contributed by atoms with Crippen LogP contribution in [0.1, 0.15) is 0 Å². The summed E-state index contributed by atoms with van der Waals surface area (Å²) in [7, 11) is -3.94. The Morgan fingerprint density at radius 1 is 0.338 bits per heavy atom. The highest BCUT2D eigenvalue weighted by atomic mass is 28.3. The van der Waals surface area contributed by atoms with Crippen LogP contribution in [0.5, 0.6) is 0 Å². The fourth-order valence-electron chi connectivity index (χ4n) is 10.7. The summed E-state index contributed by atoms with van der Waals surface area (Å²) in [5.74, 6) is 0. The molecule has 0 radical (unpaired) electrons. The van der Waals surface area contributed by atoms with Crippen LogP contribution in [-0.2, 0) is 0 Å². The van der Waals surface area contributed by atoms with Gasteiger partial charge in [-0.15, -0.1) is 0 Å². The predicted molar refractivity (Wildman–Crippen MR) is 287 cm³/mol. The van der Waals surface area contributed by atoms with Crippen molar-refractivity contribution < 1.29 is 4.42 Å². The van der Waals surface area contributed by atoms with Crippen LogP contribution in [0.25, 0.3) is 76.2 Å². The normalized spacial score (nSPS) is 12.5. The van der Waals surface area contributed by atoms with Gasteiger partial charge >= 0.3 is 0 Å². The summed E-state index contributed by atoms with van der Waals surface area (Å²) in [5.41, 5.74) is 11.1. The third-order valence-electron chi connectivity index (χ3n) is 13.6. The van der Waals surface area contributed by atoms with Crippen molar-refractivity contribution in [2.45, 2.75) is 39.3 Å². The molecule has 314 valence electrons. The van der Waals surface area contributed by atoms with Crippen molar-refractivity contribution in [3.63, 3.8) is 0 Å². The van der Waals surface area contributed by atoms with Gasteiger partial charge in [0.05, 0.1) is 38.9 Å². The maximum atomic E-state index is 6.70. The van der Waals surface area contributed by atoms with Crippen molar-refractivity contribution in [2.24, 2.45) is 0 Å². The third-order valence-corrected chi connectivity index (χ3v) is 17.6. The zero-order valence-electron chi connectivity index (χ0n) is 37.8. The van der Waals surface area contributed by atoms with Gasteiger partial charge in [-0.05, 0) is 92.5 Å². The molecule has 0 fully saturated rings. The molecular weight excluding hydrogens is 821 g/mol. The highest BCUT2D eigenvalue weighted by Gasteiger charge is 2.31. The number of rotatable bonds is 9. The highest BCUT2D eigenvalue weighted by Crippen LogP contribution is 2.50. The number of hydrogen-bond donors (Lipinski definition) is 0. The van der Waals surface area contributed by atoms with E-state index in [0.29, 0.717) is 0 Å². The first-order valence-electron chi connectivity index (χ1n) is 22.8. The van der Waals surface area contributed by atoms with E-state index in [9.17, 15) is 0 Å². The van der Waals surface area contributed by atoms with Crippen molar-refractivity contribution in [3.8, 4) is 11.1 Å². The van der Waals surface area contributed by atoms with Crippen LogP contribution in [0.3, 0.4) is 0 Å². The molecule has 0 amide bonds. The minimum Gasteiger partial charge on any atom is -0.456 e. The zero-order chi connectivity index (χ0) is 44.2. The monoisotopic (exact) mass is 870 g/mol. The number of benzene rings is 11. The Kier molecular flexibility index (Phi) is 8.90. The second kappa shape index (κ2) is 14.7. The number of hydrogen-bond acceptors (Lipinski definition) is 3. The van der Waals surface area contributed by atoms with Crippen LogP contribution >= 0.6 is 0 Å². The second-order valence-electron chi connectivity index (χ2n) is 19.7. The summed E-state index contributed by atoms with van der Waals surface area (Å²) < 4.78 is 6.70. The van der Waals surface area contributed by atoms with E-state index in [1.807, 2.05) is 0 Å². The van der Waals surface area contributed by atoms with Gasteiger partial charge in [-0.3, -0.25) is 0 Å². The van der Waals surface area contributed by atoms with E-state index in [2.05, 4.69) is 243 Å². The van der Waals surface area contributed by atoms with Crippen molar-refractivity contribution in [2.75, 3.05) is 9.80 Å². The number of anilines is 6. The SMILES string of the molecule is C[Si](C)(C)c1cc(N(c2ccccc2)c2cc3ccc4cccc5oc(c2)c3c45)c2ccc3c([Si](C)(C)C)cc(N(c4ccccc4)c4ccccc4-c4ccccc4)c4ccc1c2c43. The molecule has 0 saturated heterocycles. The van der Waals surface area contributed by atoms with Crippen LogP contribution in [-0.4, -0.2) is 16.1 Å². The lowest BCUT2D eigenvalue weighted by Crippen LogP contribution is -2.39. The van der Waals surface area contributed by atoms with Gasteiger partial charge in [0.2, 0.25) is 0 Å². The Labute approximate surface area is 382 Å². The largest absolute Gasteiger partial charge is 0.456 e. The summed E-state index contributed by atoms with van der Waals surface area (Å²) >= 11 is 0. The van der Waals surface area contributed by atoms with Crippen LogP contribution in [0.2, 0.25) is 39.3 Å². The summed E-state index contributed by atoms with van der Waals surface area (Å²) in [6, 6.07) is 72.0. The lowest BCUT2D eigenvalue weighted by atomic mass is 9.91. The van der Waals surface area contributed by atoms with E-state index >= 15 is 0 Å². The molecule has 3 nitrogen and oxygen atoms in total. The van der Waals surface area contributed by atoms with Gasteiger partial charge in [-0.2, -0.15) is 0 Å². The van der Waals surface area contributed by atoms with E-state index in [-0.39, 0.29) is 0 Å². The fourth-order valence-corrected chi connectivity index (χ4v) is 13.8. The lowest BCUT2D eigenvalue weighted by molar-refractivity contribution is 0.669. The Bertz CT molecular complexity index is 3740. The maximum absolute atomic E-state index is 6.70. The van der Waals surface area contributed by atoms with Gasteiger partial charge in [-0.25, -0.2) is 0 Å². The smallest absolute Gasteiger partial charge is 0.138 e. The average molecular weight is 871 g/mol. The van der Waals surface area contributed by atoms with Crippen molar-refractivity contribution in [1.29, 1.82) is 0 Å². The van der Waals surface area contributed by atoms with Crippen LogP contribution < -0.4 is 20.2 Å². The quantitative estimate of drug-likeness (QED) is 0.106. The Morgan fingerprint density at radius 2 is 0.846 bits per heavy atom. The molecular formula is C60H50N2OSi2. The van der Waals surface area contributed by atoms with Gasteiger partial charge in [0.1, 0.15) is 11.2 Å². The first kappa shape index (κ1) is 39.4. The van der Waals surface area contributed by atoms with E-state index in [1.54, 1.807) is 0 Å². The Morgan fingerprint density at radius 3 is 1.46 bits per heavy atom. The average Bonchev–Trinajstić information content (AvgIpc) is 3.70. The molecule has 0 spiro atoms. The van der Waals surface area contributed by atoms with E-state index < -0.39 is 16.1 Å². The molecule has 0 N–H and O–H groups in total. The molecule has 11 aromatic carbocycles. The molecule has 0 aliphatic rings. The Balaban J connectivity index is 1.21. The van der Waals surface area contributed by atoms with Crippen LogP contribution in [0, 0.1) is 0 Å². The molecule has 12 aromatic rings. The van der Waals surface area contributed by atoms with Crippen LogP contribution in [0.4, 0.5) is 34.1 Å². The van der Waals surface area contributed by atoms with E-state index in [0.717, 1.165) is 33.9 Å². The molecule has 1 heterocycles. The van der Waals surface area contributed by atoms with E-state index in [1.165, 1.54) is 86.7 Å². The lowest BCUT2D eigenvalue weighted by Gasteiger charge is -2.33. The minimum absolute atomic E-state index is 0.912. The fraction of sp³-hybridized carbons (Fsp3) is 0.100. The topological polar surface area (TPSA) is 19.6 Å². The van der Waals surface area contributed by atoms with Crippen LogP contribution in [0.15, 0.2) is 199 Å². The zero-order valence-corrected chi connectivity index (χ0v) is 39.8. The molecule has 1 aromatic heterocycles. The predicted octanol–water partition coefficient (Wildman–Crippen LogP) is 16.8. The molecule has 0 unspecified atom stereocenters. The number of nitrogens with zero attached hydrogens (tertiary/aromatic N) is 2. The van der Waals surface area contributed by atoms with Crippen molar-refractivity contribution >= 4 is 126 Å². The summed E-state index contributed by atoms with van der Waals surface area (Å²) in [5, 5.41) is 15.6. The van der Waals surface area contributed by atoms with Gasteiger partial charge in [0.15, 0.2) is 0 Å². The molecule has 0 aliphatic carbocycles. The summed E-state index contributed by atoms with van der Waals surface area (Å²) in [6.45, 7) is 15.0. The first-order valence-corrected chi connectivity index (χ1v) is 29.8. The maximum Gasteiger partial charge on any atom is 0.138 e. The number of furan rings is 1. The molecule has 0 bridgehead atoms. The van der Waals surface area contributed by atoms with E-state index in [4.69, 9.17) is 4.42 Å². The van der Waals surface area contributed by atoms with Crippen molar-refractivity contribution in [3.05, 3.63) is 194 Å². The second-order valence-corrected chi connectivity index (χ2v) is 29.8. The molecule has 0 atom stereocenters. The highest BCUT2D eigenvalue weighted by molar-refractivity contribution is 6.91. The summed E-state index contributed by atoms with van der Waals surface area (Å²) in [4.78, 5) is 5.02. The van der Waals surface area contributed by atoms with Gasteiger partial charge < -0.3 is 14.2 Å². The number of para-hydroxylation sites is 3. The van der Waals surface area contributed by atoms with Gasteiger partial charge in [0.25, 0.3) is 0 Å². The van der Waals surface area contributed by atoms with Crippen molar-refractivity contribution in [1.82, 2.24) is 0 Å². The molecule has 65 heavy (non-hydrogen) atoms. The Hall–Kier alpha value is -7.19. The summed E-state index contributed by atoms with van der Waals surface area (Å²) in [6.07, 6.45) is 0.